The third kappa shape index (κ3) is 3.22. The second-order valence-corrected chi connectivity index (χ2v) is 5.27. The van der Waals surface area contributed by atoms with E-state index in [0.29, 0.717) is 5.56 Å². The molecule has 2 rings (SSSR count). The quantitative estimate of drug-likeness (QED) is 0.863. The zero-order valence-electron chi connectivity index (χ0n) is 11.2. The van der Waals surface area contributed by atoms with Gasteiger partial charge in [0.05, 0.1) is 17.6 Å². The minimum absolute atomic E-state index is 0.0685. The summed E-state index contributed by atoms with van der Waals surface area (Å²) in [6.07, 6.45) is 0. The van der Waals surface area contributed by atoms with Gasteiger partial charge >= 0.3 is 0 Å². The van der Waals surface area contributed by atoms with Crippen molar-refractivity contribution < 1.29 is 14.2 Å². The number of hydrogen-bond donors (Lipinski definition) is 2. The summed E-state index contributed by atoms with van der Waals surface area (Å²) in [7, 11) is 1.60. The van der Waals surface area contributed by atoms with Crippen molar-refractivity contribution in [2.45, 2.75) is 13.0 Å². The van der Waals surface area contributed by atoms with Crippen LogP contribution in [0.2, 0.25) is 0 Å². The van der Waals surface area contributed by atoms with Gasteiger partial charge in [-0.3, -0.25) is 0 Å². The van der Waals surface area contributed by atoms with Crippen molar-refractivity contribution in [1.82, 2.24) is 0 Å². The lowest BCUT2D eigenvalue weighted by atomic mass is 10.1. The Morgan fingerprint density at radius 2 is 2.00 bits per heavy atom. The Labute approximate surface area is 125 Å². The predicted molar refractivity (Wildman–Crippen MR) is 80.8 cm³/mol. The number of methoxy groups -OCH3 is 1. The monoisotopic (exact) mass is 339 g/mol. The third-order valence-electron chi connectivity index (χ3n) is 2.99. The molecular formula is C15H15BrFNO2. The van der Waals surface area contributed by atoms with Crippen molar-refractivity contribution >= 4 is 21.6 Å². The molecule has 2 aromatic carbocycles. The minimum atomic E-state index is -0.373. The molecule has 0 aliphatic carbocycles. The molecule has 20 heavy (non-hydrogen) atoms. The van der Waals surface area contributed by atoms with Crippen molar-refractivity contribution in [3.8, 4) is 11.5 Å². The Kier molecular flexibility index (Phi) is 4.49. The van der Waals surface area contributed by atoms with E-state index in [1.165, 1.54) is 18.2 Å². The molecule has 2 aromatic rings. The standard InChI is InChI=1S/C15H15BrFNO2/c1-9(12-7-10(17)3-5-14(12)19)18-11-4-6-15(20-2)13(16)8-11/h3-9,18-19H,1-2H3. The Balaban J connectivity index is 2.21. The highest BCUT2D eigenvalue weighted by atomic mass is 79.9. The first-order chi connectivity index (χ1) is 9.51. The Morgan fingerprint density at radius 3 is 2.65 bits per heavy atom. The van der Waals surface area contributed by atoms with Crippen LogP contribution in [0.1, 0.15) is 18.5 Å². The summed E-state index contributed by atoms with van der Waals surface area (Å²) in [5.41, 5.74) is 1.35. The molecule has 0 saturated heterocycles. The topological polar surface area (TPSA) is 41.5 Å². The number of rotatable bonds is 4. The van der Waals surface area contributed by atoms with Crippen LogP contribution in [0.5, 0.6) is 11.5 Å². The van der Waals surface area contributed by atoms with Crippen molar-refractivity contribution in [2.24, 2.45) is 0 Å². The summed E-state index contributed by atoms with van der Waals surface area (Å²) in [5, 5.41) is 13.0. The fourth-order valence-corrected chi connectivity index (χ4v) is 2.50. The molecular weight excluding hydrogens is 325 g/mol. The smallest absolute Gasteiger partial charge is 0.133 e. The van der Waals surface area contributed by atoms with Crippen molar-refractivity contribution in [2.75, 3.05) is 12.4 Å². The third-order valence-corrected chi connectivity index (χ3v) is 3.61. The van der Waals surface area contributed by atoms with E-state index in [2.05, 4.69) is 21.2 Å². The normalized spacial score (nSPS) is 12.0. The number of anilines is 1. The first-order valence-corrected chi connectivity index (χ1v) is 6.89. The second kappa shape index (κ2) is 6.13. The van der Waals surface area contributed by atoms with E-state index in [1.54, 1.807) is 7.11 Å². The van der Waals surface area contributed by atoms with Gasteiger partial charge in [-0.15, -0.1) is 0 Å². The van der Waals surface area contributed by atoms with E-state index in [9.17, 15) is 9.50 Å². The zero-order valence-corrected chi connectivity index (χ0v) is 12.7. The van der Waals surface area contributed by atoms with E-state index >= 15 is 0 Å². The molecule has 0 saturated carbocycles. The predicted octanol–water partition coefficient (Wildman–Crippen LogP) is 4.48. The molecule has 1 unspecified atom stereocenters. The first-order valence-electron chi connectivity index (χ1n) is 6.09. The molecule has 0 aromatic heterocycles. The number of benzene rings is 2. The molecule has 0 amide bonds. The highest BCUT2D eigenvalue weighted by Crippen LogP contribution is 2.31. The molecule has 0 heterocycles. The van der Waals surface area contributed by atoms with Crippen LogP contribution < -0.4 is 10.1 Å². The summed E-state index contributed by atoms with van der Waals surface area (Å²) in [6, 6.07) is 9.23. The number of phenolic OH excluding ortho intramolecular Hbond substituents is 1. The average Bonchev–Trinajstić information content (AvgIpc) is 2.41. The van der Waals surface area contributed by atoms with E-state index in [4.69, 9.17) is 4.74 Å². The van der Waals surface area contributed by atoms with Gasteiger partial charge in [0, 0.05) is 11.3 Å². The Hall–Kier alpha value is -1.75. The highest BCUT2D eigenvalue weighted by Gasteiger charge is 2.12. The van der Waals surface area contributed by atoms with E-state index in [1.807, 2.05) is 25.1 Å². The lowest BCUT2D eigenvalue weighted by Gasteiger charge is -2.17. The van der Waals surface area contributed by atoms with Crippen molar-refractivity contribution in [3.63, 3.8) is 0 Å². The largest absolute Gasteiger partial charge is 0.508 e. The molecule has 5 heteroatoms. The van der Waals surface area contributed by atoms with Crippen molar-refractivity contribution in [3.05, 3.63) is 52.3 Å². The molecule has 0 fully saturated rings. The molecule has 3 nitrogen and oxygen atoms in total. The van der Waals surface area contributed by atoms with Gasteiger partial charge in [0.1, 0.15) is 17.3 Å². The summed E-state index contributed by atoms with van der Waals surface area (Å²) < 4.78 is 19.2. The van der Waals surface area contributed by atoms with Crippen molar-refractivity contribution in [1.29, 1.82) is 0 Å². The zero-order chi connectivity index (χ0) is 14.7. The van der Waals surface area contributed by atoms with Crippen LogP contribution in [0.3, 0.4) is 0 Å². The fraction of sp³-hybridized carbons (Fsp3) is 0.200. The van der Waals surface area contributed by atoms with Crippen LogP contribution in [0.25, 0.3) is 0 Å². The number of halogens is 2. The maximum absolute atomic E-state index is 13.2. The minimum Gasteiger partial charge on any atom is -0.508 e. The van der Waals surface area contributed by atoms with Gasteiger partial charge in [0.2, 0.25) is 0 Å². The molecule has 2 N–H and O–H groups in total. The van der Waals surface area contributed by atoms with E-state index in [0.717, 1.165) is 15.9 Å². The first kappa shape index (κ1) is 14.7. The number of aromatic hydroxyl groups is 1. The van der Waals surface area contributed by atoms with Gasteiger partial charge < -0.3 is 15.2 Å². The summed E-state index contributed by atoms with van der Waals surface area (Å²) in [5.74, 6) is 0.429. The number of hydrogen-bond acceptors (Lipinski definition) is 3. The Bertz CT molecular complexity index is 619. The maximum atomic E-state index is 13.2. The lowest BCUT2D eigenvalue weighted by Crippen LogP contribution is -2.07. The molecule has 0 radical (unpaired) electrons. The molecule has 0 bridgehead atoms. The van der Waals surface area contributed by atoms with Gasteiger partial charge in [0.25, 0.3) is 0 Å². The molecule has 0 aliphatic heterocycles. The highest BCUT2D eigenvalue weighted by molar-refractivity contribution is 9.10. The van der Waals surface area contributed by atoms with Gasteiger partial charge in [-0.2, -0.15) is 0 Å². The average molecular weight is 340 g/mol. The van der Waals surface area contributed by atoms with Crippen LogP contribution >= 0.6 is 15.9 Å². The second-order valence-electron chi connectivity index (χ2n) is 4.42. The van der Waals surface area contributed by atoms with E-state index < -0.39 is 0 Å². The number of ether oxygens (including phenoxy) is 1. The molecule has 0 aliphatic rings. The fourth-order valence-electron chi connectivity index (χ4n) is 1.96. The van der Waals surface area contributed by atoms with Gasteiger partial charge in [-0.1, -0.05) is 0 Å². The number of phenols is 1. The summed E-state index contributed by atoms with van der Waals surface area (Å²) >= 11 is 3.41. The maximum Gasteiger partial charge on any atom is 0.133 e. The SMILES string of the molecule is COc1ccc(NC(C)c2cc(F)ccc2O)cc1Br. The van der Waals surface area contributed by atoms with Gasteiger partial charge in [-0.05, 0) is 59.3 Å². The molecule has 1 atom stereocenters. The summed E-state index contributed by atoms with van der Waals surface area (Å²) in [6.45, 7) is 1.85. The van der Waals surface area contributed by atoms with Crippen LogP contribution in [-0.2, 0) is 0 Å². The van der Waals surface area contributed by atoms with Crippen LogP contribution in [-0.4, -0.2) is 12.2 Å². The van der Waals surface area contributed by atoms with Gasteiger partial charge in [-0.25, -0.2) is 4.39 Å². The van der Waals surface area contributed by atoms with Crippen LogP contribution in [0, 0.1) is 5.82 Å². The lowest BCUT2D eigenvalue weighted by molar-refractivity contribution is 0.412. The molecule has 106 valence electrons. The van der Waals surface area contributed by atoms with Crippen LogP contribution in [0.4, 0.5) is 10.1 Å². The Morgan fingerprint density at radius 1 is 1.25 bits per heavy atom. The molecule has 0 spiro atoms. The van der Waals surface area contributed by atoms with Crippen LogP contribution in [0.15, 0.2) is 40.9 Å². The van der Waals surface area contributed by atoms with Gasteiger partial charge in [0.15, 0.2) is 0 Å². The van der Waals surface area contributed by atoms with E-state index in [-0.39, 0.29) is 17.6 Å². The summed E-state index contributed by atoms with van der Waals surface area (Å²) in [4.78, 5) is 0. The number of nitrogens with one attached hydrogen (secondary N) is 1.